The lowest BCUT2D eigenvalue weighted by atomic mass is 10.1. The molecule has 1 aromatic rings. The Balaban J connectivity index is 2.81. The first-order valence-electron chi connectivity index (χ1n) is 5.77. The standard InChI is InChI=1S/C13H15FN2O2/c1-2-3-4-12(13(17)18)16-10-5-6-11(14)9(7-10)8-15/h5-7,12,16H,2-4H2,1H3,(H,17,18). The van der Waals surface area contributed by atoms with E-state index in [1.54, 1.807) is 6.07 Å². The third-order valence-corrected chi connectivity index (χ3v) is 2.57. The van der Waals surface area contributed by atoms with E-state index in [0.717, 1.165) is 18.9 Å². The van der Waals surface area contributed by atoms with E-state index in [9.17, 15) is 9.18 Å². The van der Waals surface area contributed by atoms with Crippen LogP contribution in [-0.2, 0) is 4.79 Å². The molecule has 0 amide bonds. The molecule has 96 valence electrons. The number of nitrogens with one attached hydrogen (secondary N) is 1. The molecule has 0 bridgehead atoms. The third-order valence-electron chi connectivity index (χ3n) is 2.57. The van der Waals surface area contributed by atoms with Crippen LogP contribution in [0, 0.1) is 17.1 Å². The number of unbranched alkanes of at least 4 members (excludes halogenated alkanes) is 1. The molecule has 1 aromatic carbocycles. The number of rotatable bonds is 6. The number of anilines is 1. The summed E-state index contributed by atoms with van der Waals surface area (Å²) < 4.78 is 13.1. The second-order valence-corrected chi connectivity index (χ2v) is 3.98. The molecule has 0 saturated carbocycles. The van der Waals surface area contributed by atoms with E-state index in [4.69, 9.17) is 10.4 Å². The molecular weight excluding hydrogens is 235 g/mol. The van der Waals surface area contributed by atoms with Gasteiger partial charge in [-0.25, -0.2) is 9.18 Å². The number of hydrogen-bond acceptors (Lipinski definition) is 3. The smallest absolute Gasteiger partial charge is 0.326 e. The monoisotopic (exact) mass is 250 g/mol. The van der Waals surface area contributed by atoms with Crippen molar-refractivity contribution in [2.24, 2.45) is 0 Å². The molecule has 4 nitrogen and oxygen atoms in total. The van der Waals surface area contributed by atoms with Gasteiger partial charge in [0.05, 0.1) is 5.56 Å². The maximum absolute atomic E-state index is 13.1. The van der Waals surface area contributed by atoms with Gasteiger partial charge in [0.15, 0.2) is 0 Å². The molecule has 1 unspecified atom stereocenters. The summed E-state index contributed by atoms with van der Waals surface area (Å²) in [5, 5.41) is 20.5. The molecule has 0 aliphatic rings. The van der Waals surface area contributed by atoms with Gasteiger partial charge >= 0.3 is 5.97 Å². The van der Waals surface area contributed by atoms with E-state index in [-0.39, 0.29) is 5.56 Å². The summed E-state index contributed by atoms with van der Waals surface area (Å²) in [5.74, 6) is -1.56. The zero-order valence-corrected chi connectivity index (χ0v) is 10.1. The lowest BCUT2D eigenvalue weighted by Gasteiger charge is -2.15. The lowest BCUT2D eigenvalue weighted by Crippen LogP contribution is -2.29. The van der Waals surface area contributed by atoms with Crippen LogP contribution in [-0.4, -0.2) is 17.1 Å². The molecule has 0 spiro atoms. The summed E-state index contributed by atoms with van der Waals surface area (Å²) >= 11 is 0. The number of halogens is 1. The summed E-state index contributed by atoms with van der Waals surface area (Å²) in [5.41, 5.74) is 0.344. The van der Waals surface area contributed by atoms with Crippen LogP contribution in [0.25, 0.3) is 0 Å². The van der Waals surface area contributed by atoms with Crippen LogP contribution < -0.4 is 5.32 Å². The summed E-state index contributed by atoms with van der Waals surface area (Å²) in [4.78, 5) is 11.0. The van der Waals surface area contributed by atoms with Gasteiger partial charge in [-0.2, -0.15) is 5.26 Å². The van der Waals surface area contributed by atoms with Gasteiger partial charge in [-0.15, -0.1) is 0 Å². The normalized spacial score (nSPS) is 11.6. The average Bonchev–Trinajstić information content (AvgIpc) is 2.36. The fourth-order valence-electron chi connectivity index (χ4n) is 1.57. The topological polar surface area (TPSA) is 73.1 Å². The average molecular weight is 250 g/mol. The van der Waals surface area contributed by atoms with Crippen LogP contribution in [0.5, 0.6) is 0 Å². The fourth-order valence-corrected chi connectivity index (χ4v) is 1.57. The number of nitrogens with zero attached hydrogens (tertiary/aromatic N) is 1. The molecule has 0 saturated heterocycles. The molecule has 0 aliphatic heterocycles. The van der Waals surface area contributed by atoms with Crippen LogP contribution in [0.2, 0.25) is 0 Å². The van der Waals surface area contributed by atoms with E-state index in [2.05, 4.69) is 5.32 Å². The lowest BCUT2D eigenvalue weighted by molar-refractivity contribution is -0.138. The van der Waals surface area contributed by atoms with E-state index in [1.807, 2.05) is 6.92 Å². The highest BCUT2D eigenvalue weighted by atomic mass is 19.1. The molecule has 2 N–H and O–H groups in total. The molecule has 0 fully saturated rings. The van der Waals surface area contributed by atoms with Gasteiger partial charge in [0.25, 0.3) is 0 Å². The van der Waals surface area contributed by atoms with Crippen LogP contribution >= 0.6 is 0 Å². The van der Waals surface area contributed by atoms with E-state index < -0.39 is 17.8 Å². The number of hydrogen-bond donors (Lipinski definition) is 2. The van der Waals surface area contributed by atoms with E-state index >= 15 is 0 Å². The summed E-state index contributed by atoms with van der Waals surface area (Å²) in [6, 6.07) is 4.90. The molecule has 0 aliphatic carbocycles. The quantitative estimate of drug-likeness (QED) is 0.814. The predicted molar refractivity (Wildman–Crippen MR) is 65.7 cm³/mol. The van der Waals surface area contributed by atoms with Gasteiger partial charge < -0.3 is 10.4 Å². The Morgan fingerprint density at radius 1 is 1.61 bits per heavy atom. The van der Waals surface area contributed by atoms with Crippen LogP contribution in [0.15, 0.2) is 18.2 Å². The second kappa shape index (κ2) is 6.60. The third kappa shape index (κ3) is 3.74. The number of carbonyl (C=O) groups is 1. The van der Waals surface area contributed by atoms with Gasteiger partial charge in [0.2, 0.25) is 0 Å². The first-order chi connectivity index (χ1) is 8.58. The molecule has 18 heavy (non-hydrogen) atoms. The minimum absolute atomic E-state index is 0.0976. The van der Waals surface area contributed by atoms with Crippen LogP contribution in [0.1, 0.15) is 31.7 Å². The Bertz CT molecular complexity index is 469. The largest absolute Gasteiger partial charge is 0.480 e. The van der Waals surface area contributed by atoms with Gasteiger partial charge in [-0.1, -0.05) is 19.8 Å². The Labute approximate surface area is 105 Å². The Kier molecular flexibility index (Phi) is 5.12. The second-order valence-electron chi connectivity index (χ2n) is 3.98. The first-order valence-corrected chi connectivity index (χ1v) is 5.77. The molecule has 0 radical (unpaired) electrons. The molecule has 0 heterocycles. The number of aliphatic carboxylic acids is 1. The van der Waals surface area contributed by atoms with Crippen LogP contribution in [0.4, 0.5) is 10.1 Å². The van der Waals surface area contributed by atoms with Crippen molar-refractivity contribution < 1.29 is 14.3 Å². The van der Waals surface area contributed by atoms with Crippen molar-refractivity contribution in [2.75, 3.05) is 5.32 Å². The highest BCUT2D eigenvalue weighted by Crippen LogP contribution is 2.16. The zero-order chi connectivity index (χ0) is 13.5. The van der Waals surface area contributed by atoms with Crippen molar-refractivity contribution in [1.29, 1.82) is 5.26 Å². The van der Waals surface area contributed by atoms with E-state index in [1.165, 1.54) is 12.1 Å². The summed E-state index contributed by atoms with van der Waals surface area (Å²) in [7, 11) is 0. The molecular formula is C13H15FN2O2. The van der Waals surface area contributed by atoms with Gasteiger partial charge in [0.1, 0.15) is 17.9 Å². The van der Waals surface area contributed by atoms with Crippen molar-refractivity contribution in [3.8, 4) is 6.07 Å². The fraction of sp³-hybridized carbons (Fsp3) is 0.385. The van der Waals surface area contributed by atoms with Crippen molar-refractivity contribution in [2.45, 2.75) is 32.2 Å². The highest BCUT2D eigenvalue weighted by molar-refractivity contribution is 5.77. The molecule has 5 heteroatoms. The molecule has 0 aromatic heterocycles. The van der Waals surface area contributed by atoms with Gasteiger partial charge in [-0.05, 0) is 24.6 Å². The predicted octanol–water partition coefficient (Wildman–Crippen LogP) is 2.75. The number of nitriles is 1. The Morgan fingerprint density at radius 2 is 2.33 bits per heavy atom. The van der Waals surface area contributed by atoms with Crippen molar-refractivity contribution in [3.63, 3.8) is 0 Å². The number of benzene rings is 1. The zero-order valence-electron chi connectivity index (χ0n) is 10.1. The minimum Gasteiger partial charge on any atom is -0.480 e. The number of carboxylic acids is 1. The minimum atomic E-state index is -0.953. The van der Waals surface area contributed by atoms with Crippen molar-refractivity contribution in [3.05, 3.63) is 29.6 Å². The Hall–Kier alpha value is -2.09. The Morgan fingerprint density at radius 3 is 2.89 bits per heavy atom. The molecule has 1 atom stereocenters. The van der Waals surface area contributed by atoms with Gasteiger partial charge in [-0.3, -0.25) is 0 Å². The maximum Gasteiger partial charge on any atom is 0.326 e. The maximum atomic E-state index is 13.1. The number of carboxylic acid groups (broad SMARTS) is 1. The van der Waals surface area contributed by atoms with E-state index in [0.29, 0.717) is 12.1 Å². The SMILES string of the molecule is CCCCC(Nc1ccc(F)c(C#N)c1)C(=O)O. The first kappa shape index (κ1) is 14.0. The summed E-state index contributed by atoms with van der Waals surface area (Å²) in [6.07, 6.45) is 2.18. The summed E-state index contributed by atoms with van der Waals surface area (Å²) in [6.45, 7) is 1.98. The molecule has 1 rings (SSSR count). The highest BCUT2D eigenvalue weighted by Gasteiger charge is 2.16. The van der Waals surface area contributed by atoms with Crippen LogP contribution in [0.3, 0.4) is 0 Å². The van der Waals surface area contributed by atoms with Gasteiger partial charge in [0, 0.05) is 5.69 Å². The van der Waals surface area contributed by atoms with Crippen molar-refractivity contribution in [1.82, 2.24) is 0 Å². The van der Waals surface area contributed by atoms with Crippen molar-refractivity contribution >= 4 is 11.7 Å².